The number of rotatable bonds is 6. The second kappa shape index (κ2) is 6.69. The molecule has 0 aliphatic heterocycles. The topological polar surface area (TPSA) is 110 Å². The fraction of sp³-hybridized carbons (Fsp3) is 0.417. The minimum absolute atomic E-state index is 0.00221. The summed E-state index contributed by atoms with van der Waals surface area (Å²) in [4.78, 5) is 22.3. The van der Waals surface area contributed by atoms with Crippen LogP contribution in [0.2, 0.25) is 0 Å². The number of nitrogens with zero attached hydrogens (tertiary/aromatic N) is 1. The lowest BCUT2D eigenvalue weighted by molar-refractivity contribution is -0.384. The summed E-state index contributed by atoms with van der Waals surface area (Å²) in [7, 11) is 0. The molecule has 0 saturated carbocycles. The van der Waals surface area contributed by atoms with Crippen LogP contribution in [0.25, 0.3) is 0 Å². The van der Waals surface area contributed by atoms with Crippen molar-refractivity contribution < 1.29 is 9.72 Å². The molecule has 0 bridgehead atoms. The number of hydrogen-bond acceptors (Lipinski definition) is 5. The molecule has 1 aromatic rings. The van der Waals surface area contributed by atoms with Crippen LogP contribution in [0.4, 0.5) is 11.4 Å². The number of carbonyl (C=O) groups excluding carboxylic acids is 1. The SMILES string of the molecule is CCCC(C)NC(=O)c1cccc([N+](=O)[O-])c1NN. The standard InChI is InChI=1S/C12H18N4O3/c1-3-5-8(2)14-12(17)9-6-4-7-10(16(18)19)11(9)15-13/h4,6-8,15H,3,5,13H2,1-2H3,(H,14,17). The van der Waals surface area contributed by atoms with Crippen LogP contribution in [0.1, 0.15) is 37.0 Å². The third kappa shape index (κ3) is 3.65. The summed E-state index contributed by atoms with van der Waals surface area (Å²) in [5.74, 6) is 4.90. The van der Waals surface area contributed by atoms with Gasteiger partial charge in [-0.15, -0.1) is 0 Å². The zero-order valence-corrected chi connectivity index (χ0v) is 11.0. The van der Waals surface area contributed by atoms with Crippen LogP contribution in [-0.4, -0.2) is 16.9 Å². The molecule has 19 heavy (non-hydrogen) atoms. The van der Waals surface area contributed by atoms with E-state index in [0.29, 0.717) is 0 Å². The molecule has 0 aromatic heterocycles. The lowest BCUT2D eigenvalue weighted by Gasteiger charge is -2.14. The van der Waals surface area contributed by atoms with E-state index in [2.05, 4.69) is 10.7 Å². The Morgan fingerprint density at radius 1 is 1.53 bits per heavy atom. The molecule has 1 amide bonds. The highest BCUT2D eigenvalue weighted by atomic mass is 16.6. The number of benzene rings is 1. The fourth-order valence-electron chi connectivity index (χ4n) is 1.84. The number of carbonyl (C=O) groups is 1. The zero-order valence-electron chi connectivity index (χ0n) is 11.0. The van der Waals surface area contributed by atoms with Gasteiger partial charge in [0.2, 0.25) is 0 Å². The number of hydrazine groups is 1. The Morgan fingerprint density at radius 3 is 2.74 bits per heavy atom. The molecule has 1 unspecified atom stereocenters. The number of para-hydroxylation sites is 1. The van der Waals surface area contributed by atoms with Gasteiger partial charge in [0.1, 0.15) is 5.69 Å². The summed E-state index contributed by atoms with van der Waals surface area (Å²) >= 11 is 0. The first-order valence-electron chi connectivity index (χ1n) is 6.06. The van der Waals surface area contributed by atoms with Gasteiger partial charge in [-0.25, -0.2) is 0 Å². The van der Waals surface area contributed by atoms with Crippen LogP contribution >= 0.6 is 0 Å². The van der Waals surface area contributed by atoms with Crippen molar-refractivity contribution in [2.24, 2.45) is 5.84 Å². The van der Waals surface area contributed by atoms with Gasteiger partial charge in [-0.05, 0) is 19.4 Å². The highest BCUT2D eigenvalue weighted by Gasteiger charge is 2.21. The molecule has 0 aliphatic rings. The maximum atomic E-state index is 12.1. The summed E-state index contributed by atoms with van der Waals surface area (Å²) in [6.07, 6.45) is 1.78. The molecule has 1 rings (SSSR count). The average Bonchev–Trinajstić information content (AvgIpc) is 2.37. The maximum Gasteiger partial charge on any atom is 0.294 e. The van der Waals surface area contributed by atoms with Crippen molar-refractivity contribution >= 4 is 17.3 Å². The molecule has 4 N–H and O–H groups in total. The van der Waals surface area contributed by atoms with E-state index in [-0.39, 0.29) is 28.9 Å². The number of nitro groups is 1. The van der Waals surface area contributed by atoms with Crippen molar-refractivity contribution in [3.8, 4) is 0 Å². The van der Waals surface area contributed by atoms with E-state index in [9.17, 15) is 14.9 Å². The number of nitrogens with two attached hydrogens (primary N) is 1. The molecule has 0 fully saturated rings. The zero-order chi connectivity index (χ0) is 14.4. The summed E-state index contributed by atoms with van der Waals surface area (Å²) in [5, 5.41) is 13.6. The van der Waals surface area contributed by atoms with E-state index < -0.39 is 4.92 Å². The van der Waals surface area contributed by atoms with E-state index >= 15 is 0 Å². The van der Waals surface area contributed by atoms with Crippen LogP contribution in [0.15, 0.2) is 18.2 Å². The molecular weight excluding hydrogens is 248 g/mol. The Labute approximate surface area is 111 Å². The van der Waals surface area contributed by atoms with E-state index in [4.69, 9.17) is 5.84 Å². The number of amides is 1. The Hall–Kier alpha value is -2.15. The van der Waals surface area contributed by atoms with Crippen molar-refractivity contribution in [3.63, 3.8) is 0 Å². The first kappa shape index (κ1) is 14.9. The Kier molecular flexibility index (Phi) is 5.25. The van der Waals surface area contributed by atoms with Gasteiger partial charge >= 0.3 is 0 Å². The average molecular weight is 266 g/mol. The highest BCUT2D eigenvalue weighted by molar-refractivity contribution is 6.01. The predicted octanol–water partition coefficient (Wildman–Crippen LogP) is 1.80. The molecule has 104 valence electrons. The van der Waals surface area contributed by atoms with Gasteiger partial charge < -0.3 is 10.7 Å². The van der Waals surface area contributed by atoms with Gasteiger partial charge in [0.05, 0.1) is 10.5 Å². The van der Waals surface area contributed by atoms with E-state index in [0.717, 1.165) is 12.8 Å². The van der Waals surface area contributed by atoms with E-state index in [1.165, 1.54) is 18.2 Å². The van der Waals surface area contributed by atoms with E-state index in [1.807, 2.05) is 13.8 Å². The van der Waals surface area contributed by atoms with Gasteiger partial charge in [-0.3, -0.25) is 20.8 Å². The predicted molar refractivity (Wildman–Crippen MR) is 72.7 cm³/mol. The van der Waals surface area contributed by atoms with Crippen molar-refractivity contribution in [2.75, 3.05) is 5.43 Å². The molecule has 0 radical (unpaired) electrons. The van der Waals surface area contributed by atoms with Crippen LogP contribution in [0.3, 0.4) is 0 Å². The smallest absolute Gasteiger partial charge is 0.294 e. The number of anilines is 1. The fourth-order valence-corrected chi connectivity index (χ4v) is 1.84. The second-order valence-electron chi connectivity index (χ2n) is 4.26. The number of hydrogen-bond donors (Lipinski definition) is 3. The first-order valence-corrected chi connectivity index (χ1v) is 6.06. The monoisotopic (exact) mass is 266 g/mol. The van der Waals surface area contributed by atoms with Gasteiger partial charge in [0, 0.05) is 12.1 Å². The summed E-state index contributed by atoms with van der Waals surface area (Å²) in [6, 6.07) is 4.25. The van der Waals surface area contributed by atoms with Crippen molar-refractivity contribution in [2.45, 2.75) is 32.7 Å². The van der Waals surface area contributed by atoms with Crippen LogP contribution < -0.4 is 16.6 Å². The lowest BCUT2D eigenvalue weighted by atomic mass is 10.1. The molecule has 0 aliphatic carbocycles. The molecule has 7 nitrogen and oxygen atoms in total. The summed E-state index contributed by atoms with van der Waals surface area (Å²) in [5.41, 5.74) is 2.19. The summed E-state index contributed by atoms with van der Waals surface area (Å²) < 4.78 is 0. The molecule has 1 atom stereocenters. The Morgan fingerprint density at radius 2 is 2.21 bits per heavy atom. The van der Waals surface area contributed by atoms with E-state index in [1.54, 1.807) is 0 Å². The molecule has 0 saturated heterocycles. The number of nitro benzene ring substituents is 1. The Bertz CT molecular complexity index is 476. The Balaban J connectivity index is 3.03. The quantitative estimate of drug-likeness (QED) is 0.413. The van der Waals surface area contributed by atoms with Crippen molar-refractivity contribution in [1.29, 1.82) is 0 Å². The first-order chi connectivity index (χ1) is 9.01. The maximum absolute atomic E-state index is 12.1. The summed E-state index contributed by atoms with van der Waals surface area (Å²) in [6.45, 7) is 3.90. The number of nitrogens with one attached hydrogen (secondary N) is 2. The molecule has 0 heterocycles. The third-order valence-corrected chi connectivity index (χ3v) is 2.73. The van der Waals surface area contributed by atoms with Crippen molar-refractivity contribution in [3.05, 3.63) is 33.9 Å². The normalized spacial score (nSPS) is 11.7. The van der Waals surface area contributed by atoms with Gasteiger partial charge in [0.25, 0.3) is 11.6 Å². The lowest BCUT2D eigenvalue weighted by Crippen LogP contribution is -2.33. The minimum Gasteiger partial charge on any atom is -0.350 e. The van der Waals surface area contributed by atoms with Crippen LogP contribution in [0, 0.1) is 10.1 Å². The second-order valence-corrected chi connectivity index (χ2v) is 4.26. The van der Waals surface area contributed by atoms with Crippen molar-refractivity contribution in [1.82, 2.24) is 5.32 Å². The molecule has 1 aromatic carbocycles. The van der Waals surface area contributed by atoms with Crippen LogP contribution in [-0.2, 0) is 0 Å². The highest BCUT2D eigenvalue weighted by Crippen LogP contribution is 2.27. The molecule has 0 spiro atoms. The van der Waals surface area contributed by atoms with Gasteiger partial charge in [-0.1, -0.05) is 19.4 Å². The molecule has 7 heteroatoms. The number of nitrogen functional groups attached to an aromatic ring is 1. The van der Waals surface area contributed by atoms with Crippen LogP contribution in [0.5, 0.6) is 0 Å². The third-order valence-electron chi connectivity index (χ3n) is 2.73. The van der Waals surface area contributed by atoms with Gasteiger partial charge in [-0.2, -0.15) is 0 Å². The molecular formula is C12H18N4O3. The minimum atomic E-state index is -0.582. The largest absolute Gasteiger partial charge is 0.350 e. The van der Waals surface area contributed by atoms with Gasteiger partial charge in [0.15, 0.2) is 0 Å².